The maximum atomic E-state index is 5.78. The number of halogens is 2. The average molecular weight is 408 g/mol. The largest absolute Gasteiger partial charge is 0.489 e. The van der Waals surface area contributed by atoms with Crippen LogP contribution in [0.15, 0.2) is 21.1 Å². The quantitative estimate of drug-likeness (QED) is 0.658. The summed E-state index contributed by atoms with van der Waals surface area (Å²) in [5.74, 6) is 0.872. The fraction of sp³-hybridized carbons (Fsp3) is 0.600. The van der Waals surface area contributed by atoms with E-state index in [0.29, 0.717) is 0 Å². The number of nitrogens with one attached hydrogen (secondary N) is 1. The van der Waals surface area contributed by atoms with Crippen LogP contribution in [0.4, 0.5) is 0 Å². The van der Waals surface area contributed by atoms with Gasteiger partial charge in [-0.3, -0.25) is 0 Å². The third-order valence-corrected chi connectivity index (χ3v) is 3.88. The number of benzene rings is 1. The van der Waals surface area contributed by atoms with E-state index >= 15 is 0 Å². The van der Waals surface area contributed by atoms with Crippen LogP contribution in [0.5, 0.6) is 5.75 Å². The van der Waals surface area contributed by atoms with Crippen LogP contribution in [-0.4, -0.2) is 38.2 Å². The number of rotatable bonds is 8. The lowest BCUT2D eigenvalue weighted by Crippen LogP contribution is -2.21. The molecule has 0 amide bonds. The van der Waals surface area contributed by atoms with Crippen LogP contribution in [0.25, 0.3) is 0 Å². The zero-order valence-corrected chi connectivity index (χ0v) is 15.8. The molecule has 0 radical (unpaired) electrons. The molecule has 0 aliphatic carbocycles. The van der Waals surface area contributed by atoms with Crippen molar-refractivity contribution >= 4 is 31.9 Å². The van der Waals surface area contributed by atoms with E-state index in [1.807, 2.05) is 13.8 Å². The van der Waals surface area contributed by atoms with Gasteiger partial charge in [-0.2, -0.15) is 0 Å². The molecule has 0 heterocycles. The van der Waals surface area contributed by atoms with E-state index in [1.165, 1.54) is 5.56 Å². The van der Waals surface area contributed by atoms with Gasteiger partial charge in [0.1, 0.15) is 5.75 Å². The third-order valence-electron chi connectivity index (χ3n) is 2.70. The van der Waals surface area contributed by atoms with Crippen LogP contribution in [0.2, 0.25) is 0 Å². The molecule has 0 unspecified atom stereocenters. The van der Waals surface area contributed by atoms with Crippen molar-refractivity contribution in [2.24, 2.45) is 0 Å². The topological polar surface area (TPSA) is 24.5 Å². The van der Waals surface area contributed by atoms with E-state index in [4.69, 9.17) is 4.74 Å². The molecule has 0 saturated carbocycles. The van der Waals surface area contributed by atoms with Gasteiger partial charge in [-0.25, -0.2) is 0 Å². The Bertz CT molecular complexity index is 399. The van der Waals surface area contributed by atoms with Gasteiger partial charge in [0.15, 0.2) is 0 Å². The smallest absolute Gasteiger partial charge is 0.148 e. The molecule has 0 aliphatic rings. The van der Waals surface area contributed by atoms with Gasteiger partial charge in [-0.05, 0) is 97.0 Å². The van der Waals surface area contributed by atoms with Gasteiger partial charge in [0.05, 0.1) is 15.0 Å². The second kappa shape index (κ2) is 9.03. The Labute approximate surface area is 139 Å². The number of hydrogen-bond acceptors (Lipinski definition) is 3. The van der Waals surface area contributed by atoms with Crippen molar-refractivity contribution in [1.82, 2.24) is 10.2 Å². The fourth-order valence-electron chi connectivity index (χ4n) is 1.82. The summed E-state index contributed by atoms with van der Waals surface area (Å²) < 4.78 is 7.76. The Morgan fingerprint density at radius 2 is 1.80 bits per heavy atom. The predicted octanol–water partition coefficient (Wildman–Crippen LogP) is 4.04. The average Bonchev–Trinajstić information content (AvgIpc) is 2.33. The molecule has 20 heavy (non-hydrogen) atoms. The minimum atomic E-state index is 0.164. The van der Waals surface area contributed by atoms with Gasteiger partial charge in [-0.15, -0.1) is 0 Å². The van der Waals surface area contributed by atoms with E-state index in [2.05, 4.69) is 68.3 Å². The number of hydrogen-bond donors (Lipinski definition) is 1. The van der Waals surface area contributed by atoms with Crippen molar-refractivity contribution in [2.45, 2.75) is 32.9 Å². The highest BCUT2D eigenvalue weighted by atomic mass is 79.9. The Morgan fingerprint density at radius 1 is 1.20 bits per heavy atom. The molecule has 1 aromatic rings. The van der Waals surface area contributed by atoms with Crippen molar-refractivity contribution in [3.63, 3.8) is 0 Å². The first-order valence-electron chi connectivity index (χ1n) is 6.90. The highest BCUT2D eigenvalue weighted by Gasteiger charge is 2.10. The lowest BCUT2D eigenvalue weighted by atomic mass is 10.2. The molecule has 0 aliphatic heterocycles. The zero-order valence-electron chi connectivity index (χ0n) is 12.7. The summed E-state index contributed by atoms with van der Waals surface area (Å²) in [6.07, 6.45) is 1.32. The molecular formula is C15H24Br2N2O. The Hall–Kier alpha value is -0.100. The van der Waals surface area contributed by atoms with Crippen LogP contribution in [0.1, 0.15) is 25.8 Å². The molecule has 5 heteroatoms. The molecule has 0 spiro atoms. The first-order chi connectivity index (χ1) is 9.40. The maximum Gasteiger partial charge on any atom is 0.148 e. The summed E-state index contributed by atoms with van der Waals surface area (Å²) in [6.45, 7) is 7.06. The van der Waals surface area contributed by atoms with Crippen LogP contribution < -0.4 is 10.1 Å². The molecule has 0 bridgehead atoms. The number of ether oxygens (including phenoxy) is 1. The van der Waals surface area contributed by atoms with Crippen molar-refractivity contribution in [3.8, 4) is 5.75 Å². The van der Waals surface area contributed by atoms with E-state index in [1.54, 1.807) is 0 Å². The molecule has 0 fully saturated rings. The molecule has 114 valence electrons. The van der Waals surface area contributed by atoms with Gasteiger partial charge in [0.25, 0.3) is 0 Å². The highest BCUT2D eigenvalue weighted by molar-refractivity contribution is 9.11. The summed E-state index contributed by atoms with van der Waals surface area (Å²) in [4.78, 5) is 2.20. The van der Waals surface area contributed by atoms with Gasteiger partial charge in [0, 0.05) is 6.54 Å². The molecule has 0 aromatic heterocycles. The van der Waals surface area contributed by atoms with Crippen molar-refractivity contribution in [2.75, 3.05) is 27.2 Å². The van der Waals surface area contributed by atoms with Crippen LogP contribution in [-0.2, 0) is 6.54 Å². The minimum absolute atomic E-state index is 0.164. The summed E-state index contributed by atoms with van der Waals surface area (Å²) in [7, 11) is 4.20. The predicted molar refractivity (Wildman–Crippen MR) is 92.5 cm³/mol. The van der Waals surface area contributed by atoms with Crippen molar-refractivity contribution in [1.29, 1.82) is 0 Å². The Kier molecular flexibility index (Phi) is 8.10. The molecule has 0 atom stereocenters. The third kappa shape index (κ3) is 6.57. The van der Waals surface area contributed by atoms with E-state index in [0.717, 1.165) is 40.8 Å². The maximum absolute atomic E-state index is 5.78. The Morgan fingerprint density at radius 3 is 2.30 bits per heavy atom. The van der Waals surface area contributed by atoms with Crippen molar-refractivity contribution < 1.29 is 4.74 Å². The second-order valence-electron chi connectivity index (χ2n) is 5.39. The zero-order chi connectivity index (χ0) is 15.1. The summed E-state index contributed by atoms with van der Waals surface area (Å²) >= 11 is 7.16. The van der Waals surface area contributed by atoms with Crippen molar-refractivity contribution in [3.05, 3.63) is 26.6 Å². The van der Waals surface area contributed by atoms with Crippen LogP contribution >= 0.6 is 31.9 Å². The second-order valence-corrected chi connectivity index (χ2v) is 7.10. The molecule has 1 rings (SSSR count). The summed E-state index contributed by atoms with van der Waals surface area (Å²) in [5.41, 5.74) is 1.24. The van der Waals surface area contributed by atoms with Gasteiger partial charge >= 0.3 is 0 Å². The van der Waals surface area contributed by atoms with E-state index in [9.17, 15) is 0 Å². The van der Waals surface area contributed by atoms with Gasteiger partial charge in [0.2, 0.25) is 0 Å². The van der Waals surface area contributed by atoms with Gasteiger partial charge < -0.3 is 15.0 Å². The first kappa shape index (κ1) is 18.0. The van der Waals surface area contributed by atoms with Crippen LogP contribution in [0.3, 0.4) is 0 Å². The number of nitrogens with zero attached hydrogens (tertiary/aromatic N) is 1. The molecule has 0 saturated heterocycles. The fourth-order valence-corrected chi connectivity index (χ4v) is 3.28. The standard InChI is InChI=1S/C15H24Br2N2O/c1-11(2)20-15-13(16)8-12(9-14(15)17)10-18-6-5-7-19(3)4/h8-9,11,18H,5-7,10H2,1-4H3. The molecule has 1 aromatic carbocycles. The monoisotopic (exact) mass is 406 g/mol. The SMILES string of the molecule is CC(C)Oc1c(Br)cc(CNCCCN(C)C)cc1Br. The lowest BCUT2D eigenvalue weighted by molar-refractivity contribution is 0.239. The molecule has 1 N–H and O–H groups in total. The minimum Gasteiger partial charge on any atom is -0.489 e. The first-order valence-corrected chi connectivity index (χ1v) is 8.48. The van der Waals surface area contributed by atoms with Gasteiger partial charge in [-0.1, -0.05) is 0 Å². The summed E-state index contributed by atoms with van der Waals surface area (Å²) in [6, 6.07) is 4.23. The molecular weight excluding hydrogens is 384 g/mol. The van der Waals surface area contributed by atoms with Crippen LogP contribution in [0, 0.1) is 0 Å². The lowest BCUT2D eigenvalue weighted by Gasteiger charge is -2.15. The summed E-state index contributed by atoms with van der Waals surface area (Å²) in [5, 5.41) is 3.46. The highest BCUT2D eigenvalue weighted by Crippen LogP contribution is 2.35. The van der Waals surface area contributed by atoms with E-state index < -0.39 is 0 Å². The normalized spacial score (nSPS) is 11.4. The Balaban J connectivity index is 2.52. The molecule has 3 nitrogen and oxygen atoms in total. The van der Waals surface area contributed by atoms with E-state index in [-0.39, 0.29) is 6.10 Å².